The van der Waals surface area contributed by atoms with Crippen LogP contribution in [0.15, 0.2) is 30.6 Å². The highest BCUT2D eigenvalue weighted by Crippen LogP contribution is 2.38. The van der Waals surface area contributed by atoms with Gasteiger partial charge in [0.05, 0.1) is 5.39 Å². The largest absolute Gasteiger partial charge is 0.467 e. The van der Waals surface area contributed by atoms with Gasteiger partial charge >= 0.3 is 0 Å². The Kier molecular flexibility index (Phi) is 5.34. The molecular weight excluding hydrogens is 374 g/mol. The molecule has 1 N–H and O–H groups in total. The van der Waals surface area contributed by atoms with E-state index in [4.69, 9.17) is 4.74 Å². The van der Waals surface area contributed by atoms with Gasteiger partial charge in [0.1, 0.15) is 11.2 Å². The molecule has 28 heavy (non-hydrogen) atoms. The van der Waals surface area contributed by atoms with E-state index in [2.05, 4.69) is 15.3 Å². The zero-order chi connectivity index (χ0) is 19.5. The van der Waals surface area contributed by atoms with E-state index in [1.807, 2.05) is 0 Å². The van der Waals surface area contributed by atoms with Crippen LogP contribution in [0, 0.1) is 0 Å². The van der Waals surface area contributed by atoms with Crippen LogP contribution < -0.4 is 10.1 Å². The van der Waals surface area contributed by atoms with E-state index in [-0.39, 0.29) is 18.3 Å². The number of thiophene rings is 1. The van der Waals surface area contributed by atoms with Gasteiger partial charge < -0.3 is 10.1 Å². The number of ether oxygens (including phenoxy) is 1. The second-order valence-electron chi connectivity index (χ2n) is 6.90. The summed E-state index contributed by atoms with van der Waals surface area (Å²) in [4.78, 5) is 34.8. The number of hydrogen-bond donors (Lipinski definition) is 1. The molecule has 0 spiro atoms. The van der Waals surface area contributed by atoms with Crippen LogP contribution >= 0.6 is 11.3 Å². The topological polar surface area (TPSA) is 81.2 Å². The third-order valence-electron chi connectivity index (χ3n) is 4.86. The lowest BCUT2D eigenvalue weighted by Gasteiger charge is -2.09. The molecule has 0 atom stereocenters. The molecule has 2 heterocycles. The molecule has 6 nitrogen and oxygen atoms in total. The summed E-state index contributed by atoms with van der Waals surface area (Å²) in [6.45, 7) is 1.34. The quantitative estimate of drug-likeness (QED) is 0.518. The van der Waals surface area contributed by atoms with Crippen LogP contribution in [0.3, 0.4) is 0 Å². The molecule has 0 saturated carbocycles. The molecule has 0 saturated heterocycles. The van der Waals surface area contributed by atoms with Crippen LogP contribution in [-0.2, 0) is 17.6 Å². The smallest absolute Gasteiger partial charge is 0.262 e. The van der Waals surface area contributed by atoms with E-state index in [9.17, 15) is 9.59 Å². The Bertz CT molecular complexity index is 1040. The Balaban J connectivity index is 1.49. The molecular formula is C21H21N3O3S. The average Bonchev–Trinajstić information content (AvgIpc) is 2.88. The number of ketones is 1. The number of nitrogens with one attached hydrogen (secondary N) is 1. The number of carbonyl (C=O) groups excluding carboxylic acids is 2. The van der Waals surface area contributed by atoms with Gasteiger partial charge in [-0.1, -0.05) is 18.6 Å². The summed E-state index contributed by atoms with van der Waals surface area (Å²) in [7, 11) is 0. The molecule has 0 fully saturated rings. The summed E-state index contributed by atoms with van der Waals surface area (Å²) in [6.07, 6.45) is 7.15. The van der Waals surface area contributed by atoms with Crippen molar-refractivity contribution in [1.29, 1.82) is 0 Å². The number of rotatable bonds is 5. The number of anilines is 1. The monoisotopic (exact) mass is 395 g/mol. The molecule has 1 aliphatic rings. The molecule has 7 heteroatoms. The maximum absolute atomic E-state index is 12.3. The van der Waals surface area contributed by atoms with Gasteiger partial charge in [0.2, 0.25) is 5.88 Å². The first-order valence-electron chi connectivity index (χ1n) is 9.40. The first kappa shape index (κ1) is 18.6. The fraction of sp³-hybridized carbons (Fsp3) is 0.333. The Labute approximate surface area is 167 Å². The van der Waals surface area contributed by atoms with Crippen molar-refractivity contribution < 1.29 is 14.3 Å². The Hall–Kier alpha value is -2.80. The zero-order valence-electron chi connectivity index (χ0n) is 15.7. The number of amides is 1. The summed E-state index contributed by atoms with van der Waals surface area (Å²) in [5, 5.41) is 3.72. The fourth-order valence-corrected chi connectivity index (χ4v) is 4.71. The summed E-state index contributed by atoms with van der Waals surface area (Å²) in [6, 6.07) is 6.85. The van der Waals surface area contributed by atoms with Crippen LogP contribution in [0.1, 0.15) is 47.0 Å². The van der Waals surface area contributed by atoms with Gasteiger partial charge in [-0.05, 0) is 50.3 Å². The molecule has 1 amide bonds. The molecule has 1 aliphatic carbocycles. The second kappa shape index (κ2) is 8.06. The standard InChI is InChI=1S/C21H21N3O3S/c1-13(25)14-6-5-7-15(10-14)24-18(26)11-27-20-19-16-8-3-2-4-9-17(16)28-21(19)23-12-22-20/h5-7,10,12H,2-4,8-9,11H2,1H3,(H,24,26). The van der Waals surface area contributed by atoms with E-state index < -0.39 is 0 Å². The maximum atomic E-state index is 12.3. The highest BCUT2D eigenvalue weighted by atomic mass is 32.1. The maximum Gasteiger partial charge on any atom is 0.262 e. The van der Waals surface area contributed by atoms with Crippen LogP contribution in [0.2, 0.25) is 0 Å². The number of carbonyl (C=O) groups is 2. The lowest BCUT2D eigenvalue weighted by molar-refractivity contribution is -0.118. The first-order valence-corrected chi connectivity index (χ1v) is 10.2. The SMILES string of the molecule is CC(=O)c1cccc(NC(=O)COc2ncnc3sc4c(c23)CCCCC4)c1. The molecule has 0 bridgehead atoms. The number of fused-ring (bicyclic) bond motifs is 3. The number of hydrogen-bond acceptors (Lipinski definition) is 6. The van der Waals surface area contributed by atoms with Crippen molar-refractivity contribution >= 4 is 38.9 Å². The predicted octanol–water partition coefficient (Wildman–Crippen LogP) is 4.18. The minimum atomic E-state index is -0.297. The number of nitrogens with zero attached hydrogens (tertiary/aromatic N) is 2. The van der Waals surface area contributed by atoms with Gasteiger partial charge in [0.15, 0.2) is 12.4 Å². The summed E-state index contributed by atoms with van der Waals surface area (Å²) in [5.74, 6) is 0.125. The minimum absolute atomic E-state index is 0.0473. The normalized spacial score (nSPS) is 13.6. The van der Waals surface area contributed by atoms with E-state index in [1.165, 1.54) is 36.5 Å². The molecule has 0 radical (unpaired) electrons. The van der Waals surface area contributed by atoms with E-state index in [0.717, 1.165) is 29.5 Å². The van der Waals surface area contributed by atoms with Crippen molar-refractivity contribution in [2.75, 3.05) is 11.9 Å². The third-order valence-corrected chi connectivity index (χ3v) is 6.06. The lowest BCUT2D eigenvalue weighted by atomic mass is 10.1. The summed E-state index contributed by atoms with van der Waals surface area (Å²) in [5.41, 5.74) is 2.40. The molecule has 3 aromatic rings. The Morgan fingerprint density at radius 3 is 2.89 bits per heavy atom. The van der Waals surface area contributed by atoms with Crippen LogP contribution in [0.25, 0.3) is 10.2 Å². The first-order chi connectivity index (χ1) is 13.6. The van der Waals surface area contributed by atoms with Crippen LogP contribution in [-0.4, -0.2) is 28.3 Å². The van der Waals surface area contributed by atoms with Gasteiger partial charge in [-0.3, -0.25) is 9.59 Å². The van der Waals surface area contributed by atoms with Crippen molar-refractivity contribution in [2.24, 2.45) is 0 Å². The highest BCUT2D eigenvalue weighted by molar-refractivity contribution is 7.18. The van der Waals surface area contributed by atoms with Crippen molar-refractivity contribution in [3.63, 3.8) is 0 Å². The van der Waals surface area contributed by atoms with Gasteiger partial charge in [-0.2, -0.15) is 0 Å². The van der Waals surface area contributed by atoms with Crippen molar-refractivity contribution in [2.45, 2.75) is 39.0 Å². The molecule has 4 rings (SSSR count). The fourth-order valence-electron chi connectivity index (χ4n) is 3.49. The van der Waals surface area contributed by atoms with Gasteiger partial charge in [0.25, 0.3) is 5.91 Å². The number of aromatic nitrogens is 2. The average molecular weight is 395 g/mol. The molecule has 0 unspecified atom stereocenters. The molecule has 144 valence electrons. The molecule has 0 aliphatic heterocycles. The van der Waals surface area contributed by atoms with E-state index >= 15 is 0 Å². The number of aryl methyl sites for hydroxylation is 2. The molecule has 1 aromatic carbocycles. The lowest BCUT2D eigenvalue weighted by Crippen LogP contribution is -2.20. The Morgan fingerprint density at radius 1 is 1.18 bits per heavy atom. The van der Waals surface area contributed by atoms with Gasteiger partial charge in [-0.25, -0.2) is 9.97 Å². The van der Waals surface area contributed by atoms with E-state index in [0.29, 0.717) is 17.1 Å². The van der Waals surface area contributed by atoms with Crippen LogP contribution in [0.5, 0.6) is 5.88 Å². The minimum Gasteiger partial charge on any atom is -0.467 e. The predicted molar refractivity (Wildman–Crippen MR) is 109 cm³/mol. The van der Waals surface area contributed by atoms with E-state index in [1.54, 1.807) is 35.6 Å². The highest BCUT2D eigenvalue weighted by Gasteiger charge is 2.20. The second-order valence-corrected chi connectivity index (χ2v) is 7.98. The zero-order valence-corrected chi connectivity index (χ0v) is 16.5. The number of Topliss-reactive ketones (excluding diaryl/α,β-unsaturated/α-hetero) is 1. The molecule has 2 aromatic heterocycles. The summed E-state index contributed by atoms with van der Waals surface area (Å²) < 4.78 is 5.77. The Morgan fingerprint density at radius 2 is 2.04 bits per heavy atom. The van der Waals surface area contributed by atoms with Crippen molar-refractivity contribution in [1.82, 2.24) is 9.97 Å². The van der Waals surface area contributed by atoms with Gasteiger partial charge in [0, 0.05) is 16.1 Å². The van der Waals surface area contributed by atoms with Crippen molar-refractivity contribution in [3.8, 4) is 5.88 Å². The van der Waals surface area contributed by atoms with Crippen molar-refractivity contribution in [3.05, 3.63) is 46.6 Å². The van der Waals surface area contributed by atoms with Crippen LogP contribution in [0.4, 0.5) is 5.69 Å². The van der Waals surface area contributed by atoms with Gasteiger partial charge in [-0.15, -0.1) is 11.3 Å². The summed E-state index contributed by atoms with van der Waals surface area (Å²) >= 11 is 1.70. The number of benzene rings is 1. The third kappa shape index (κ3) is 3.89.